The molecule has 13 heteroatoms. The van der Waals surface area contributed by atoms with Crippen LogP contribution < -0.4 is 0 Å². The number of aromatic hydroxyl groups is 1. The van der Waals surface area contributed by atoms with Gasteiger partial charge < -0.3 is 19.1 Å². The van der Waals surface area contributed by atoms with Crippen molar-refractivity contribution in [3.05, 3.63) is 60.1 Å². The molecule has 0 aliphatic carbocycles. The highest BCUT2D eigenvalue weighted by molar-refractivity contribution is 6.09. The number of fused-ring (bicyclic) bond motifs is 1. The van der Waals surface area contributed by atoms with Gasteiger partial charge in [-0.2, -0.15) is 5.10 Å². The Hall–Kier alpha value is -2.89. The molecule has 1 aromatic carbocycles. The number of phenols is 1. The average Bonchev–Trinajstić information content (AvgIpc) is 3.48. The molecule has 1 saturated heterocycles. The molecule has 1 N–H and O–H groups in total. The van der Waals surface area contributed by atoms with Crippen molar-refractivity contribution < 1.29 is 19.4 Å². The number of hydrogen-bond donors (Lipinski definition) is 1. The number of esters is 1. The molecular formula is C25H31Cl3N6O4. The predicted octanol–water partition coefficient (Wildman–Crippen LogP) is 3.86. The molecule has 4 heterocycles. The molecule has 0 atom stereocenters. The molecule has 10 nitrogen and oxygen atoms in total. The van der Waals surface area contributed by atoms with E-state index >= 15 is 0 Å². The van der Waals surface area contributed by atoms with Gasteiger partial charge in [-0.3, -0.25) is 9.88 Å². The summed E-state index contributed by atoms with van der Waals surface area (Å²) in [6, 6.07) is 5.64. The highest BCUT2D eigenvalue weighted by Crippen LogP contribution is 2.41. The van der Waals surface area contributed by atoms with E-state index in [0.29, 0.717) is 41.8 Å². The zero-order valence-electron chi connectivity index (χ0n) is 21.1. The van der Waals surface area contributed by atoms with Crippen LogP contribution in [0.4, 0.5) is 0 Å². The quantitative estimate of drug-likeness (QED) is 0.326. The molecule has 0 unspecified atom stereocenters. The summed E-state index contributed by atoms with van der Waals surface area (Å²) in [5.74, 6) is -0.329. The normalized spacial score (nSPS) is 13.3. The number of nitrogens with zero attached hydrogens (tertiary/aromatic N) is 6. The van der Waals surface area contributed by atoms with E-state index in [-0.39, 0.29) is 56.1 Å². The SMILES string of the molecule is CCOC(=O)c1c(CN2CCOCC2)n(C)c2cc(-c3cccnc3)c(O)c(Cn3cncn3)c12.Cl.Cl.Cl. The number of ether oxygens (including phenoxy) is 2. The van der Waals surface area contributed by atoms with E-state index in [0.717, 1.165) is 29.9 Å². The Balaban J connectivity index is 0.00000169. The lowest BCUT2D eigenvalue weighted by atomic mass is 9.96. The van der Waals surface area contributed by atoms with Gasteiger partial charge in [-0.15, -0.1) is 37.2 Å². The summed E-state index contributed by atoms with van der Waals surface area (Å²) in [6.07, 6.45) is 6.44. The Kier molecular flexibility index (Phi) is 11.4. The summed E-state index contributed by atoms with van der Waals surface area (Å²) in [5.41, 5.74) is 4.12. The van der Waals surface area contributed by atoms with E-state index < -0.39 is 5.97 Å². The number of pyridine rings is 1. The Morgan fingerprint density at radius 2 is 1.92 bits per heavy atom. The summed E-state index contributed by atoms with van der Waals surface area (Å²) in [6.45, 7) is 5.72. The third kappa shape index (κ3) is 6.05. The maximum Gasteiger partial charge on any atom is 0.340 e. The molecule has 0 saturated carbocycles. The molecule has 0 spiro atoms. The number of aryl methyl sites for hydroxylation is 1. The minimum atomic E-state index is -0.408. The van der Waals surface area contributed by atoms with Gasteiger partial charge in [-0.25, -0.2) is 14.5 Å². The van der Waals surface area contributed by atoms with E-state index in [1.54, 1.807) is 30.3 Å². The van der Waals surface area contributed by atoms with Crippen LogP contribution in [0.25, 0.3) is 22.0 Å². The van der Waals surface area contributed by atoms with Gasteiger partial charge in [0.05, 0.1) is 37.4 Å². The zero-order valence-corrected chi connectivity index (χ0v) is 23.5. The maximum absolute atomic E-state index is 13.4. The molecule has 0 amide bonds. The number of rotatable bonds is 7. The van der Waals surface area contributed by atoms with Crippen LogP contribution >= 0.6 is 37.2 Å². The lowest BCUT2D eigenvalue weighted by Crippen LogP contribution is -2.36. The van der Waals surface area contributed by atoms with Crippen LogP contribution in [0.15, 0.2) is 43.2 Å². The second-order valence-corrected chi connectivity index (χ2v) is 8.47. The molecule has 38 heavy (non-hydrogen) atoms. The number of halogens is 3. The van der Waals surface area contributed by atoms with Crippen LogP contribution in [0.1, 0.15) is 28.5 Å². The van der Waals surface area contributed by atoms with Gasteiger partial charge in [0.1, 0.15) is 18.4 Å². The molecule has 1 aliphatic heterocycles. The number of carbonyl (C=O) groups is 1. The summed E-state index contributed by atoms with van der Waals surface area (Å²) in [7, 11) is 1.95. The highest BCUT2D eigenvalue weighted by atomic mass is 35.5. The molecule has 0 bridgehead atoms. The fourth-order valence-electron chi connectivity index (χ4n) is 4.67. The van der Waals surface area contributed by atoms with Gasteiger partial charge in [0.15, 0.2) is 0 Å². The van der Waals surface area contributed by atoms with Gasteiger partial charge in [-0.05, 0) is 19.1 Å². The molecule has 1 aliphatic rings. The Labute approximate surface area is 239 Å². The second kappa shape index (κ2) is 13.8. The summed E-state index contributed by atoms with van der Waals surface area (Å²) >= 11 is 0. The lowest BCUT2D eigenvalue weighted by Gasteiger charge is -2.27. The summed E-state index contributed by atoms with van der Waals surface area (Å²) in [5, 5.41) is 16.4. The van der Waals surface area contributed by atoms with Crippen LogP contribution in [0.3, 0.4) is 0 Å². The Morgan fingerprint density at radius 1 is 1.16 bits per heavy atom. The smallest absolute Gasteiger partial charge is 0.340 e. The van der Waals surface area contributed by atoms with E-state index in [1.165, 1.54) is 6.33 Å². The number of morpholine rings is 1. The topological polar surface area (TPSA) is 108 Å². The standard InChI is InChI=1S/C25H28N6O4.3ClH/c1-3-35-25(33)23-21(14-30-7-9-34-10-8-30)29(2)20-11-18(17-5-4-6-26-12-17)24(32)19(22(20)23)13-31-16-27-15-28-31;;;/h4-6,11-12,15-16,32H,3,7-10,13-14H2,1-2H3;3*1H. The predicted molar refractivity (Wildman–Crippen MR) is 151 cm³/mol. The number of carbonyl (C=O) groups excluding carboxylic acids is 1. The van der Waals surface area contributed by atoms with Crippen molar-refractivity contribution >= 4 is 54.1 Å². The first-order valence-corrected chi connectivity index (χ1v) is 11.6. The minimum absolute atomic E-state index is 0. The van der Waals surface area contributed by atoms with Crippen molar-refractivity contribution in [2.24, 2.45) is 7.05 Å². The number of phenolic OH excluding ortho intramolecular Hbond substituents is 1. The molecule has 4 aromatic rings. The number of benzene rings is 1. The first-order valence-electron chi connectivity index (χ1n) is 11.6. The van der Waals surface area contributed by atoms with Crippen molar-refractivity contribution in [3.8, 4) is 16.9 Å². The van der Waals surface area contributed by atoms with E-state index in [4.69, 9.17) is 9.47 Å². The molecule has 3 aromatic heterocycles. The molecule has 1 fully saturated rings. The Bertz CT molecular complexity index is 1340. The maximum atomic E-state index is 13.4. The highest BCUT2D eigenvalue weighted by Gasteiger charge is 2.29. The fourth-order valence-corrected chi connectivity index (χ4v) is 4.67. The monoisotopic (exact) mass is 584 g/mol. The van der Waals surface area contributed by atoms with Crippen LogP contribution in [0.2, 0.25) is 0 Å². The largest absolute Gasteiger partial charge is 0.507 e. The first-order chi connectivity index (χ1) is 17.1. The van der Waals surface area contributed by atoms with E-state index in [2.05, 4.69) is 20.0 Å². The molecule has 206 valence electrons. The van der Waals surface area contributed by atoms with Gasteiger partial charge in [-0.1, -0.05) is 6.07 Å². The number of hydrogen-bond acceptors (Lipinski definition) is 8. The van der Waals surface area contributed by atoms with Crippen LogP contribution in [0.5, 0.6) is 5.75 Å². The molecular weight excluding hydrogens is 555 g/mol. The summed E-state index contributed by atoms with van der Waals surface area (Å²) < 4.78 is 14.7. The second-order valence-electron chi connectivity index (χ2n) is 8.47. The number of aromatic nitrogens is 5. The average molecular weight is 586 g/mol. The van der Waals surface area contributed by atoms with Crippen molar-refractivity contribution in [1.29, 1.82) is 0 Å². The summed E-state index contributed by atoms with van der Waals surface area (Å²) in [4.78, 5) is 23.9. The van der Waals surface area contributed by atoms with Crippen molar-refractivity contribution in [2.75, 3.05) is 32.9 Å². The fraction of sp³-hybridized carbons (Fsp3) is 0.360. The minimum Gasteiger partial charge on any atom is -0.507 e. The van der Waals surface area contributed by atoms with Crippen molar-refractivity contribution in [2.45, 2.75) is 20.0 Å². The van der Waals surface area contributed by atoms with Crippen molar-refractivity contribution in [3.63, 3.8) is 0 Å². The van der Waals surface area contributed by atoms with Crippen LogP contribution in [0, 0.1) is 0 Å². The zero-order chi connectivity index (χ0) is 24.4. The third-order valence-corrected chi connectivity index (χ3v) is 6.40. The van der Waals surface area contributed by atoms with Gasteiger partial charge >= 0.3 is 5.97 Å². The lowest BCUT2D eigenvalue weighted by molar-refractivity contribution is 0.0328. The van der Waals surface area contributed by atoms with E-state index in [9.17, 15) is 9.90 Å². The van der Waals surface area contributed by atoms with Crippen LogP contribution in [-0.4, -0.2) is 73.2 Å². The Morgan fingerprint density at radius 3 is 2.55 bits per heavy atom. The van der Waals surface area contributed by atoms with Crippen molar-refractivity contribution in [1.82, 2.24) is 29.2 Å². The molecule has 5 rings (SSSR count). The van der Waals surface area contributed by atoms with Gasteiger partial charge in [0.2, 0.25) is 0 Å². The van der Waals surface area contributed by atoms with Gasteiger partial charge in [0, 0.05) is 66.8 Å². The first kappa shape index (κ1) is 31.3. The molecule has 0 radical (unpaired) electrons. The van der Waals surface area contributed by atoms with Crippen LogP contribution in [-0.2, 0) is 29.6 Å². The van der Waals surface area contributed by atoms with E-state index in [1.807, 2.05) is 29.8 Å². The third-order valence-electron chi connectivity index (χ3n) is 6.40. The van der Waals surface area contributed by atoms with Gasteiger partial charge in [0.25, 0.3) is 0 Å².